The van der Waals surface area contributed by atoms with Crippen LogP contribution in [-0.2, 0) is 6.42 Å². The number of hydrogen-bond donors (Lipinski definition) is 1. The molecule has 1 unspecified atom stereocenters. The molecule has 0 aliphatic heterocycles. The Labute approximate surface area is 101 Å². The van der Waals surface area contributed by atoms with Gasteiger partial charge in [0.2, 0.25) is 0 Å². The highest BCUT2D eigenvalue weighted by molar-refractivity contribution is 5.17. The molecule has 3 nitrogen and oxygen atoms in total. The molecule has 1 aromatic carbocycles. The zero-order valence-corrected chi connectivity index (χ0v) is 9.49. The lowest BCUT2D eigenvalue weighted by atomic mass is 10.1. The number of hydrogen-bond acceptors (Lipinski definition) is 3. The van der Waals surface area contributed by atoms with Crippen LogP contribution in [0.25, 0.3) is 0 Å². The predicted molar refractivity (Wildman–Crippen MR) is 65.9 cm³/mol. The van der Waals surface area contributed by atoms with E-state index in [1.165, 1.54) is 0 Å². The van der Waals surface area contributed by atoms with Crippen molar-refractivity contribution in [2.75, 3.05) is 6.61 Å². The SMILES string of the molecule is OC(COc1cccnc1)Cc1ccccc1. The van der Waals surface area contributed by atoms with Crippen molar-refractivity contribution in [3.05, 3.63) is 60.4 Å². The van der Waals surface area contributed by atoms with Crippen LogP contribution < -0.4 is 4.74 Å². The normalized spacial score (nSPS) is 12.1. The van der Waals surface area contributed by atoms with Gasteiger partial charge in [-0.05, 0) is 17.7 Å². The van der Waals surface area contributed by atoms with Crippen LogP contribution >= 0.6 is 0 Å². The summed E-state index contributed by atoms with van der Waals surface area (Å²) in [5.74, 6) is 0.680. The first kappa shape index (κ1) is 11.6. The van der Waals surface area contributed by atoms with Crippen LogP contribution in [0.2, 0.25) is 0 Å². The second kappa shape index (κ2) is 6.01. The van der Waals surface area contributed by atoms with Gasteiger partial charge in [-0.2, -0.15) is 0 Å². The first-order chi connectivity index (χ1) is 8.34. The van der Waals surface area contributed by atoms with Gasteiger partial charge in [0.25, 0.3) is 0 Å². The molecule has 1 heterocycles. The number of nitrogens with zero attached hydrogens (tertiary/aromatic N) is 1. The van der Waals surface area contributed by atoms with Crippen LogP contribution in [0, 0.1) is 0 Å². The van der Waals surface area contributed by atoms with Crippen LogP contribution in [0.15, 0.2) is 54.9 Å². The van der Waals surface area contributed by atoms with E-state index in [1.807, 2.05) is 36.4 Å². The van der Waals surface area contributed by atoms with E-state index < -0.39 is 6.10 Å². The van der Waals surface area contributed by atoms with Crippen LogP contribution in [0.3, 0.4) is 0 Å². The molecule has 3 heteroatoms. The molecule has 0 radical (unpaired) electrons. The van der Waals surface area contributed by atoms with Gasteiger partial charge < -0.3 is 9.84 Å². The summed E-state index contributed by atoms with van der Waals surface area (Å²) < 4.78 is 5.43. The number of benzene rings is 1. The maximum absolute atomic E-state index is 9.82. The van der Waals surface area contributed by atoms with Crippen molar-refractivity contribution in [1.29, 1.82) is 0 Å². The second-order valence-electron chi connectivity index (χ2n) is 3.84. The zero-order valence-electron chi connectivity index (χ0n) is 9.49. The van der Waals surface area contributed by atoms with Crippen molar-refractivity contribution < 1.29 is 9.84 Å². The minimum atomic E-state index is -0.502. The second-order valence-corrected chi connectivity index (χ2v) is 3.84. The number of aromatic nitrogens is 1. The van der Waals surface area contributed by atoms with E-state index in [0.717, 1.165) is 5.56 Å². The summed E-state index contributed by atoms with van der Waals surface area (Å²) in [6.45, 7) is 0.278. The van der Waals surface area contributed by atoms with Crippen molar-refractivity contribution >= 4 is 0 Å². The lowest BCUT2D eigenvalue weighted by Crippen LogP contribution is -2.20. The Bertz CT molecular complexity index is 430. The molecule has 0 aliphatic carbocycles. The summed E-state index contributed by atoms with van der Waals surface area (Å²) in [6.07, 6.45) is 3.42. The third kappa shape index (κ3) is 3.89. The number of ether oxygens (including phenoxy) is 1. The fraction of sp³-hybridized carbons (Fsp3) is 0.214. The quantitative estimate of drug-likeness (QED) is 0.853. The Morgan fingerprint density at radius 3 is 2.65 bits per heavy atom. The van der Waals surface area contributed by atoms with Crippen molar-refractivity contribution in [3.8, 4) is 5.75 Å². The third-order valence-corrected chi connectivity index (χ3v) is 2.39. The number of rotatable bonds is 5. The van der Waals surface area contributed by atoms with Gasteiger partial charge in [-0.1, -0.05) is 30.3 Å². The fourth-order valence-corrected chi connectivity index (χ4v) is 1.57. The van der Waals surface area contributed by atoms with Gasteiger partial charge in [-0.25, -0.2) is 0 Å². The average Bonchev–Trinajstić information content (AvgIpc) is 2.39. The Balaban J connectivity index is 1.80. The van der Waals surface area contributed by atoms with E-state index in [9.17, 15) is 5.11 Å². The van der Waals surface area contributed by atoms with E-state index in [1.54, 1.807) is 18.5 Å². The van der Waals surface area contributed by atoms with Crippen LogP contribution in [0.5, 0.6) is 5.75 Å². The van der Waals surface area contributed by atoms with Crippen LogP contribution in [0.4, 0.5) is 0 Å². The number of aliphatic hydroxyl groups excluding tert-OH is 1. The first-order valence-corrected chi connectivity index (χ1v) is 5.59. The maximum atomic E-state index is 9.82. The van der Waals surface area contributed by atoms with Gasteiger partial charge >= 0.3 is 0 Å². The molecule has 1 aromatic heterocycles. The van der Waals surface area contributed by atoms with E-state index in [4.69, 9.17) is 4.74 Å². The smallest absolute Gasteiger partial charge is 0.137 e. The maximum Gasteiger partial charge on any atom is 0.137 e. The van der Waals surface area contributed by atoms with Gasteiger partial charge in [0.1, 0.15) is 12.4 Å². The summed E-state index contributed by atoms with van der Waals surface area (Å²) in [6, 6.07) is 13.5. The molecule has 1 atom stereocenters. The fourth-order valence-electron chi connectivity index (χ4n) is 1.57. The van der Waals surface area contributed by atoms with Crippen LogP contribution in [0.1, 0.15) is 5.56 Å². The lowest BCUT2D eigenvalue weighted by molar-refractivity contribution is 0.107. The average molecular weight is 229 g/mol. The van der Waals surface area contributed by atoms with Gasteiger partial charge in [0, 0.05) is 12.6 Å². The summed E-state index contributed by atoms with van der Waals surface area (Å²) in [5, 5.41) is 9.82. The van der Waals surface area contributed by atoms with E-state index in [0.29, 0.717) is 12.2 Å². The minimum Gasteiger partial charge on any atom is -0.489 e. The topological polar surface area (TPSA) is 42.4 Å². The molecule has 2 rings (SSSR count). The molecule has 0 spiro atoms. The third-order valence-electron chi connectivity index (χ3n) is 2.39. The van der Waals surface area contributed by atoms with Crippen molar-refractivity contribution in [3.63, 3.8) is 0 Å². The highest BCUT2D eigenvalue weighted by atomic mass is 16.5. The molecule has 0 bridgehead atoms. The van der Waals surface area contributed by atoms with Gasteiger partial charge in [-0.15, -0.1) is 0 Å². The van der Waals surface area contributed by atoms with Gasteiger partial charge in [0.15, 0.2) is 0 Å². The molecule has 88 valence electrons. The summed E-state index contributed by atoms with van der Waals surface area (Å²) >= 11 is 0. The molecule has 0 amide bonds. The van der Waals surface area contributed by atoms with Crippen molar-refractivity contribution in [1.82, 2.24) is 4.98 Å². The molecule has 1 N–H and O–H groups in total. The van der Waals surface area contributed by atoms with Crippen molar-refractivity contribution in [2.45, 2.75) is 12.5 Å². The molecular weight excluding hydrogens is 214 g/mol. The van der Waals surface area contributed by atoms with Crippen LogP contribution in [-0.4, -0.2) is 22.8 Å². The van der Waals surface area contributed by atoms with Gasteiger partial charge in [-0.3, -0.25) is 4.98 Å². The minimum absolute atomic E-state index is 0.278. The summed E-state index contributed by atoms with van der Waals surface area (Å²) in [7, 11) is 0. The Kier molecular flexibility index (Phi) is 4.11. The summed E-state index contributed by atoms with van der Waals surface area (Å²) in [4.78, 5) is 3.94. The highest BCUT2D eigenvalue weighted by Gasteiger charge is 2.06. The van der Waals surface area contributed by atoms with Gasteiger partial charge in [0.05, 0.1) is 12.3 Å². The molecule has 0 saturated carbocycles. The Morgan fingerprint density at radius 2 is 1.94 bits per heavy atom. The zero-order chi connectivity index (χ0) is 11.9. The molecule has 0 saturated heterocycles. The molecule has 17 heavy (non-hydrogen) atoms. The first-order valence-electron chi connectivity index (χ1n) is 5.59. The molecular formula is C14H15NO2. The number of aliphatic hydroxyl groups is 1. The predicted octanol–water partition coefficient (Wildman–Crippen LogP) is 2.06. The molecule has 0 fully saturated rings. The van der Waals surface area contributed by atoms with Crippen molar-refractivity contribution in [2.24, 2.45) is 0 Å². The van der Waals surface area contributed by atoms with E-state index >= 15 is 0 Å². The Hall–Kier alpha value is -1.87. The van der Waals surface area contributed by atoms with E-state index in [-0.39, 0.29) is 6.61 Å². The summed E-state index contributed by atoms with van der Waals surface area (Å²) in [5.41, 5.74) is 1.11. The standard InChI is InChI=1S/C14H15NO2/c16-13(9-12-5-2-1-3-6-12)11-17-14-7-4-8-15-10-14/h1-8,10,13,16H,9,11H2. The molecule has 2 aromatic rings. The Morgan fingerprint density at radius 1 is 1.12 bits per heavy atom. The largest absolute Gasteiger partial charge is 0.489 e. The highest BCUT2D eigenvalue weighted by Crippen LogP contribution is 2.08. The lowest BCUT2D eigenvalue weighted by Gasteiger charge is -2.12. The number of pyridine rings is 1. The monoisotopic (exact) mass is 229 g/mol. The van der Waals surface area contributed by atoms with E-state index in [2.05, 4.69) is 4.98 Å². The molecule has 0 aliphatic rings.